The Kier molecular flexibility index (Phi) is 5.19. The van der Waals surface area contributed by atoms with Crippen molar-refractivity contribution in [2.45, 2.75) is 11.3 Å². The number of nitrogens with zero attached hydrogens (tertiary/aromatic N) is 1. The Bertz CT molecular complexity index is 809. The quantitative estimate of drug-likeness (QED) is 0.815. The summed E-state index contributed by atoms with van der Waals surface area (Å²) < 4.78 is 77.5. The molecular weight excluding hydrogens is 350 g/mol. The summed E-state index contributed by atoms with van der Waals surface area (Å²) in [7, 11) is -7.75. The van der Waals surface area contributed by atoms with E-state index < -0.39 is 36.6 Å². The van der Waals surface area contributed by atoms with E-state index >= 15 is 0 Å². The van der Waals surface area contributed by atoms with Gasteiger partial charge in [-0.25, -0.2) is 30.3 Å². The zero-order valence-corrected chi connectivity index (χ0v) is 13.7. The van der Waals surface area contributed by atoms with Crippen molar-refractivity contribution in [1.29, 1.82) is 0 Å². The van der Waals surface area contributed by atoms with Crippen molar-refractivity contribution >= 4 is 20.0 Å². The third-order valence-electron chi connectivity index (χ3n) is 3.55. The second kappa shape index (κ2) is 6.63. The topological polar surface area (TPSA) is 83.6 Å². The molecule has 0 radical (unpaired) electrons. The number of hydrogen-bond donors (Lipinski definition) is 1. The van der Waals surface area contributed by atoms with Gasteiger partial charge in [-0.05, 0) is 30.5 Å². The van der Waals surface area contributed by atoms with Crippen LogP contribution in [0.4, 0.5) is 8.78 Å². The fraction of sp³-hybridized carbons (Fsp3) is 0.385. The van der Waals surface area contributed by atoms with Crippen LogP contribution in [0.5, 0.6) is 0 Å². The maximum Gasteiger partial charge on any atom is 0.246 e. The molecule has 1 heterocycles. The van der Waals surface area contributed by atoms with Crippen LogP contribution in [0, 0.1) is 17.6 Å². The Labute approximate surface area is 133 Å². The largest absolute Gasteiger partial charge is 0.246 e. The molecule has 1 aliphatic heterocycles. The van der Waals surface area contributed by atoms with Gasteiger partial charge in [0, 0.05) is 25.0 Å². The zero-order chi connectivity index (χ0) is 17.3. The van der Waals surface area contributed by atoms with E-state index in [4.69, 9.17) is 0 Å². The first-order valence-electron chi connectivity index (χ1n) is 6.73. The van der Waals surface area contributed by atoms with Gasteiger partial charge in [0.25, 0.3) is 0 Å². The molecule has 1 aromatic carbocycles. The molecule has 2 rings (SSSR count). The highest BCUT2D eigenvalue weighted by Crippen LogP contribution is 2.26. The van der Waals surface area contributed by atoms with E-state index in [9.17, 15) is 25.6 Å². The van der Waals surface area contributed by atoms with Gasteiger partial charge in [0.2, 0.25) is 20.0 Å². The minimum absolute atomic E-state index is 0.0257. The van der Waals surface area contributed by atoms with Crippen LogP contribution in [-0.2, 0) is 20.0 Å². The Balaban J connectivity index is 2.11. The third-order valence-corrected chi connectivity index (χ3v) is 6.44. The van der Waals surface area contributed by atoms with Crippen molar-refractivity contribution in [3.05, 3.63) is 41.8 Å². The van der Waals surface area contributed by atoms with E-state index in [1.165, 1.54) is 0 Å². The summed E-state index contributed by atoms with van der Waals surface area (Å²) in [6.45, 7) is 3.34. The SMILES string of the molecule is C=CS(=O)(=O)NCC1CCN(S(=O)(=O)c2cc(F)ccc2F)C1. The lowest BCUT2D eigenvalue weighted by Gasteiger charge is -2.17. The summed E-state index contributed by atoms with van der Waals surface area (Å²) in [4.78, 5) is -0.718. The molecule has 1 N–H and O–H groups in total. The van der Waals surface area contributed by atoms with E-state index in [1.807, 2.05) is 0 Å². The standard InChI is InChI=1S/C13H16F2N2O4S2/c1-2-22(18,19)16-8-10-5-6-17(9-10)23(20,21)13-7-11(14)3-4-12(13)15/h2-4,7,10,16H,1,5-6,8-9H2. The molecule has 6 nitrogen and oxygen atoms in total. The van der Waals surface area contributed by atoms with Crippen LogP contribution in [-0.4, -0.2) is 40.8 Å². The summed E-state index contributed by atoms with van der Waals surface area (Å²) in [5.41, 5.74) is 0. The molecule has 0 aromatic heterocycles. The number of hydrogen-bond acceptors (Lipinski definition) is 4. The van der Waals surface area contributed by atoms with Crippen LogP contribution in [0.15, 0.2) is 35.1 Å². The molecule has 1 atom stereocenters. The second-order valence-corrected chi connectivity index (χ2v) is 8.77. The molecular formula is C13H16F2N2O4S2. The zero-order valence-electron chi connectivity index (χ0n) is 12.1. The Morgan fingerprint density at radius 3 is 2.65 bits per heavy atom. The van der Waals surface area contributed by atoms with Crippen molar-refractivity contribution in [2.75, 3.05) is 19.6 Å². The predicted octanol–water partition coefficient (Wildman–Crippen LogP) is 1.04. The maximum atomic E-state index is 13.7. The lowest BCUT2D eigenvalue weighted by atomic mass is 10.1. The van der Waals surface area contributed by atoms with E-state index in [0.29, 0.717) is 12.5 Å². The monoisotopic (exact) mass is 366 g/mol. The van der Waals surface area contributed by atoms with Crippen LogP contribution >= 0.6 is 0 Å². The summed E-state index contributed by atoms with van der Waals surface area (Å²) in [6.07, 6.45) is 0.413. The highest BCUT2D eigenvalue weighted by molar-refractivity contribution is 7.92. The maximum absolute atomic E-state index is 13.7. The minimum atomic E-state index is -4.16. The molecule has 1 aromatic rings. The van der Waals surface area contributed by atoms with Gasteiger partial charge in [0.15, 0.2) is 0 Å². The Hall–Kier alpha value is -1.36. The van der Waals surface area contributed by atoms with Crippen LogP contribution in [0.25, 0.3) is 0 Å². The third kappa shape index (κ3) is 4.14. The molecule has 0 aliphatic carbocycles. The summed E-state index contributed by atoms with van der Waals surface area (Å²) in [5, 5.41) is 0.762. The smallest absolute Gasteiger partial charge is 0.211 e. The molecule has 23 heavy (non-hydrogen) atoms. The van der Waals surface area contributed by atoms with Crippen LogP contribution < -0.4 is 4.72 Å². The second-order valence-electron chi connectivity index (χ2n) is 5.15. The van der Waals surface area contributed by atoms with E-state index in [2.05, 4.69) is 11.3 Å². The Morgan fingerprint density at radius 2 is 2.00 bits per heavy atom. The lowest BCUT2D eigenvalue weighted by Crippen LogP contribution is -2.32. The van der Waals surface area contributed by atoms with Crippen LogP contribution in [0.1, 0.15) is 6.42 Å². The van der Waals surface area contributed by atoms with Crippen molar-refractivity contribution in [2.24, 2.45) is 5.92 Å². The summed E-state index contributed by atoms with van der Waals surface area (Å²) in [6, 6.07) is 2.23. The lowest BCUT2D eigenvalue weighted by molar-refractivity contribution is 0.448. The fourth-order valence-electron chi connectivity index (χ4n) is 2.29. The molecule has 10 heteroatoms. The van der Waals surface area contributed by atoms with Gasteiger partial charge in [-0.2, -0.15) is 4.31 Å². The van der Waals surface area contributed by atoms with Crippen LogP contribution in [0.3, 0.4) is 0 Å². The van der Waals surface area contributed by atoms with Crippen molar-refractivity contribution in [3.8, 4) is 0 Å². The van der Waals surface area contributed by atoms with Crippen LogP contribution in [0.2, 0.25) is 0 Å². The molecule has 1 unspecified atom stereocenters. The van der Waals surface area contributed by atoms with Gasteiger partial charge in [0.1, 0.15) is 16.5 Å². The first-order valence-corrected chi connectivity index (χ1v) is 9.71. The molecule has 1 saturated heterocycles. The van der Waals surface area contributed by atoms with Gasteiger partial charge in [-0.3, -0.25) is 0 Å². The molecule has 0 bridgehead atoms. The first kappa shape index (κ1) is 18.0. The number of rotatable bonds is 6. The van der Waals surface area contributed by atoms with Gasteiger partial charge in [-0.15, -0.1) is 0 Å². The summed E-state index contributed by atoms with van der Waals surface area (Å²) in [5.74, 6) is -2.13. The predicted molar refractivity (Wildman–Crippen MR) is 80.3 cm³/mol. The number of benzene rings is 1. The average Bonchev–Trinajstić information content (AvgIpc) is 2.97. The highest BCUT2D eigenvalue weighted by Gasteiger charge is 2.34. The normalized spacial score (nSPS) is 19.8. The van der Waals surface area contributed by atoms with Gasteiger partial charge in [0.05, 0.1) is 0 Å². The van der Waals surface area contributed by atoms with Gasteiger partial charge >= 0.3 is 0 Å². The Morgan fingerprint density at radius 1 is 1.30 bits per heavy atom. The van der Waals surface area contributed by atoms with E-state index in [0.717, 1.165) is 21.8 Å². The summed E-state index contributed by atoms with van der Waals surface area (Å²) >= 11 is 0. The van der Waals surface area contributed by atoms with Gasteiger partial charge < -0.3 is 0 Å². The van der Waals surface area contributed by atoms with E-state index in [-0.39, 0.29) is 25.6 Å². The molecule has 1 fully saturated rings. The minimum Gasteiger partial charge on any atom is -0.211 e. The molecule has 0 saturated carbocycles. The highest BCUT2D eigenvalue weighted by atomic mass is 32.2. The fourth-order valence-corrected chi connectivity index (χ4v) is 4.48. The van der Waals surface area contributed by atoms with Gasteiger partial charge in [-0.1, -0.05) is 6.58 Å². The van der Waals surface area contributed by atoms with E-state index in [1.54, 1.807) is 0 Å². The van der Waals surface area contributed by atoms with Crippen molar-refractivity contribution < 1.29 is 25.6 Å². The number of sulfonamides is 2. The molecule has 1 aliphatic rings. The first-order chi connectivity index (χ1) is 10.7. The molecule has 0 spiro atoms. The van der Waals surface area contributed by atoms with Crippen molar-refractivity contribution in [1.82, 2.24) is 9.03 Å². The molecule has 0 amide bonds. The number of halogens is 2. The number of nitrogens with one attached hydrogen (secondary N) is 1. The average molecular weight is 366 g/mol. The molecule has 128 valence electrons. The van der Waals surface area contributed by atoms with Crippen molar-refractivity contribution in [3.63, 3.8) is 0 Å².